The van der Waals surface area contributed by atoms with Gasteiger partial charge in [0.05, 0.1) is 18.0 Å². The first-order valence-electron chi connectivity index (χ1n) is 11.4. The van der Waals surface area contributed by atoms with Crippen LogP contribution in [0.2, 0.25) is 0 Å². The molecule has 4 aliphatic carbocycles. The third-order valence-electron chi connectivity index (χ3n) is 8.08. The third kappa shape index (κ3) is 2.56. The van der Waals surface area contributed by atoms with Gasteiger partial charge in [-0.05, 0) is 75.0 Å². The molecule has 4 aromatic heterocycles. The Morgan fingerprint density at radius 3 is 2.67 bits per heavy atom. The van der Waals surface area contributed by atoms with Gasteiger partial charge in [0.1, 0.15) is 16.0 Å². The van der Waals surface area contributed by atoms with Gasteiger partial charge < -0.3 is 4.74 Å². The van der Waals surface area contributed by atoms with Crippen LogP contribution >= 0.6 is 11.3 Å². The van der Waals surface area contributed by atoms with Gasteiger partial charge >= 0.3 is 5.97 Å². The van der Waals surface area contributed by atoms with Crippen molar-refractivity contribution in [3.63, 3.8) is 0 Å². The van der Waals surface area contributed by atoms with Gasteiger partial charge in [-0.3, -0.25) is 0 Å². The number of hydrogen-bond donors (Lipinski definition) is 0. The fraction of sp³-hybridized carbons (Fsp3) is 0.591. The molecule has 4 fully saturated rings. The quantitative estimate of drug-likeness (QED) is 0.425. The van der Waals surface area contributed by atoms with Crippen molar-refractivity contribution in [2.45, 2.75) is 63.3 Å². The van der Waals surface area contributed by atoms with Gasteiger partial charge in [0.15, 0.2) is 17.3 Å². The van der Waals surface area contributed by atoms with E-state index in [4.69, 9.17) is 14.8 Å². The minimum Gasteiger partial charge on any atom is -0.465 e. The summed E-state index contributed by atoms with van der Waals surface area (Å²) < 4.78 is 6.74. The van der Waals surface area contributed by atoms with Crippen LogP contribution in [-0.4, -0.2) is 52.9 Å². The molecule has 4 heterocycles. The topological polar surface area (TPSA) is 113 Å². The maximum Gasteiger partial charge on any atom is 0.348 e. The molecule has 0 N–H and O–H groups in total. The van der Waals surface area contributed by atoms with Crippen LogP contribution in [0.3, 0.4) is 0 Å². The summed E-state index contributed by atoms with van der Waals surface area (Å²) >= 11 is 1.35. The lowest BCUT2D eigenvalue weighted by Gasteiger charge is -2.60. The zero-order valence-electron chi connectivity index (χ0n) is 18.8. The van der Waals surface area contributed by atoms with Gasteiger partial charge in [0.25, 0.3) is 0 Å². The summed E-state index contributed by atoms with van der Waals surface area (Å²) in [7, 11) is 1.40. The smallest absolute Gasteiger partial charge is 0.348 e. The number of rotatable bonds is 3. The van der Waals surface area contributed by atoms with E-state index in [-0.39, 0.29) is 16.9 Å². The molecule has 2 atom stereocenters. The number of hydrogen-bond acceptors (Lipinski definition) is 9. The number of aromatic nitrogens is 8. The van der Waals surface area contributed by atoms with Gasteiger partial charge in [0, 0.05) is 5.41 Å². The number of fused-ring (bicyclic) bond motifs is 3. The molecule has 10 nitrogen and oxygen atoms in total. The molecule has 0 radical (unpaired) electrons. The van der Waals surface area contributed by atoms with Crippen molar-refractivity contribution in [2.24, 2.45) is 11.8 Å². The van der Waals surface area contributed by atoms with Crippen molar-refractivity contribution in [1.29, 1.82) is 0 Å². The van der Waals surface area contributed by atoms with E-state index in [0.29, 0.717) is 22.5 Å². The Morgan fingerprint density at radius 2 is 1.97 bits per heavy atom. The summed E-state index contributed by atoms with van der Waals surface area (Å²) in [4.78, 5) is 25.2. The average Bonchev–Trinajstić information content (AvgIpc) is 3.49. The lowest BCUT2D eigenvalue weighted by Crippen LogP contribution is -2.59. The van der Waals surface area contributed by atoms with E-state index in [1.54, 1.807) is 10.8 Å². The van der Waals surface area contributed by atoms with Gasteiger partial charge in [-0.1, -0.05) is 0 Å². The number of aryl methyl sites for hydroxylation is 2. The summed E-state index contributed by atoms with van der Waals surface area (Å²) in [6, 6.07) is 0. The Morgan fingerprint density at radius 1 is 1.18 bits per heavy atom. The largest absolute Gasteiger partial charge is 0.465 e. The van der Waals surface area contributed by atoms with Crippen LogP contribution in [0.15, 0.2) is 6.33 Å². The Labute approximate surface area is 193 Å². The van der Waals surface area contributed by atoms with Crippen LogP contribution in [0.25, 0.3) is 15.9 Å². The molecule has 0 saturated heterocycles. The van der Waals surface area contributed by atoms with Crippen LogP contribution in [0.4, 0.5) is 0 Å². The number of esters is 1. The Kier molecular flexibility index (Phi) is 3.75. The van der Waals surface area contributed by atoms with E-state index in [1.807, 2.05) is 18.6 Å². The Balaban J connectivity index is 1.38. The van der Waals surface area contributed by atoms with Crippen LogP contribution in [0.5, 0.6) is 0 Å². The standard InChI is InChI=1S/C22H24N8O2S/c1-11-15-17-24-20(27-29(17)10-23-18(15)33-16(11)19(31)32-3)21-5-13-4-14(6-21)8-22(7-13,9-21)30-26-12(2)25-28-30/h10,13-14H,4-9H2,1-3H3. The van der Waals surface area contributed by atoms with Crippen molar-refractivity contribution in [2.75, 3.05) is 7.11 Å². The molecule has 0 aliphatic heterocycles. The predicted octanol–water partition coefficient (Wildman–Crippen LogP) is 2.98. The lowest BCUT2D eigenvalue weighted by molar-refractivity contribution is -0.0785. The number of tetrazole rings is 1. The van der Waals surface area contributed by atoms with Crippen molar-refractivity contribution in [3.05, 3.63) is 28.4 Å². The molecule has 11 heteroatoms. The summed E-state index contributed by atoms with van der Waals surface area (Å²) in [6.07, 6.45) is 8.32. The van der Waals surface area contributed by atoms with Gasteiger partial charge in [-0.15, -0.1) is 26.6 Å². The Hall–Kier alpha value is -2.95. The number of ether oxygens (including phenoxy) is 1. The second-order valence-corrected chi connectivity index (χ2v) is 11.3. The second kappa shape index (κ2) is 6.34. The molecule has 4 aliphatic rings. The van der Waals surface area contributed by atoms with Crippen molar-refractivity contribution < 1.29 is 9.53 Å². The third-order valence-corrected chi connectivity index (χ3v) is 9.26. The fourth-order valence-corrected chi connectivity index (χ4v) is 8.30. The highest BCUT2D eigenvalue weighted by Gasteiger charge is 2.61. The summed E-state index contributed by atoms with van der Waals surface area (Å²) in [5.41, 5.74) is 1.41. The van der Waals surface area contributed by atoms with Crippen LogP contribution in [0, 0.1) is 25.7 Å². The molecular formula is C22H24N8O2S. The van der Waals surface area contributed by atoms with E-state index < -0.39 is 0 Å². The van der Waals surface area contributed by atoms with E-state index >= 15 is 0 Å². The fourth-order valence-electron chi connectivity index (χ4n) is 7.24. The molecule has 4 aromatic rings. The van der Waals surface area contributed by atoms with E-state index in [1.165, 1.54) is 24.9 Å². The molecule has 170 valence electrons. The molecule has 4 bridgehead atoms. The second-order valence-electron chi connectivity index (χ2n) is 10.3. The highest BCUT2D eigenvalue weighted by atomic mass is 32.1. The van der Waals surface area contributed by atoms with E-state index in [2.05, 4.69) is 20.4 Å². The molecule has 0 spiro atoms. The van der Waals surface area contributed by atoms with E-state index in [0.717, 1.165) is 59.4 Å². The number of carbonyl (C=O) groups is 1. The van der Waals surface area contributed by atoms with Gasteiger partial charge in [0.2, 0.25) is 0 Å². The summed E-state index contributed by atoms with van der Waals surface area (Å²) in [5.74, 6) is 2.50. The normalized spacial score (nSPS) is 30.5. The molecule has 8 rings (SSSR count). The van der Waals surface area contributed by atoms with Crippen molar-refractivity contribution in [1.82, 2.24) is 39.8 Å². The van der Waals surface area contributed by atoms with Gasteiger partial charge in [-0.25, -0.2) is 19.3 Å². The minimum absolute atomic E-state index is 0.0981. The minimum atomic E-state index is -0.341. The number of methoxy groups -OCH3 is 1. The maximum absolute atomic E-state index is 12.2. The number of thiophene rings is 1. The van der Waals surface area contributed by atoms with Crippen molar-refractivity contribution >= 4 is 33.2 Å². The zero-order valence-corrected chi connectivity index (χ0v) is 19.6. The molecule has 2 unspecified atom stereocenters. The predicted molar refractivity (Wildman–Crippen MR) is 119 cm³/mol. The summed E-state index contributed by atoms with van der Waals surface area (Å²) in [6.45, 7) is 3.83. The van der Waals surface area contributed by atoms with Gasteiger partial charge in [-0.2, -0.15) is 4.80 Å². The first-order chi connectivity index (χ1) is 15.9. The highest BCUT2D eigenvalue weighted by Crippen LogP contribution is 2.64. The highest BCUT2D eigenvalue weighted by molar-refractivity contribution is 7.20. The molecule has 0 amide bonds. The zero-order chi connectivity index (χ0) is 22.5. The first-order valence-corrected chi connectivity index (χ1v) is 12.2. The molecule has 33 heavy (non-hydrogen) atoms. The molecule has 0 aromatic carbocycles. The Bertz CT molecular complexity index is 1440. The average molecular weight is 465 g/mol. The number of carbonyl (C=O) groups excluding carboxylic acids is 1. The first kappa shape index (κ1) is 19.5. The summed E-state index contributed by atoms with van der Waals surface area (Å²) in [5, 5.41) is 19.1. The maximum atomic E-state index is 12.2. The van der Waals surface area contributed by atoms with Crippen LogP contribution < -0.4 is 0 Å². The van der Waals surface area contributed by atoms with Crippen molar-refractivity contribution in [3.8, 4) is 0 Å². The van der Waals surface area contributed by atoms with Crippen LogP contribution in [0.1, 0.15) is 65.4 Å². The van der Waals surface area contributed by atoms with E-state index in [9.17, 15) is 4.79 Å². The molecule has 4 saturated carbocycles. The SMILES string of the molecule is COC(=O)c1sc2ncn3nc(C45CC6CC(C4)CC(n4nnc(C)n4)(C6)C5)nc3c2c1C. The lowest BCUT2D eigenvalue weighted by atomic mass is 9.46. The number of nitrogens with zero attached hydrogens (tertiary/aromatic N) is 8. The van der Waals surface area contributed by atoms with Crippen LogP contribution in [-0.2, 0) is 15.7 Å². The monoisotopic (exact) mass is 464 g/mol. The molecular weight excluding hydrogens is 440 g/mol.